The van der Waals surface area contributed by atoms with Gasteiger partial charge in [-0.1, -0.05) is 18.2 Å². The average molecular weight is 531 g/mol. The van der Waals surface area contributed by atoms with E-state index in [0.29, 0.717) is 24.9 Å². The second kappa shape index (κ2) is 7.44. The van der Waals surface area contributed by atoms with Gasteiger partial charge in [0.05, 0.1) is 22.1 Å². The minimum Gasteiger partial charge on any atom is -0.277 e. The van der Waals surface area contributed by atoms with Crippen molar-refractivity contribution < 1.29 is 13.2 Å². The Labute approximate surface area is 187 Å². The zero-order chi connectivity index (χ0) is 20.9. The fourth-order valence-electron chi connectivity index (χ4n) is 4.22. The SMILES string of the molecule is O=C([C@@H]1CCCN1S(=O)(=O)c1ccc(I)cc1)n1c2ccccc2c2ccncc21. The van der Waals surface area contributed by atoms with E-state index in [1.165, 1.54) is 4.31 Å². The Balaban J connectivity index is 1.62. The third kappa shape index (κ3) is 3.05. The molecule has 4 aromatic rings. The molecule has 3 heterocycles. The highest BCUT2D eigenvalue weighted by atomic mass is 127. The molecule has 5 rings (SSSR count). The van der Waals surface area contributed by atoms with Crippen LogP contribution in [0.3, 0.4) is 0 Å². The molecule has 0 radical (unpaired) electrons. The molecule has 1 fully saturated rings. The van der Waals surface area contributed by atoms with Crippen molar-refractivity contribution >= 4 is 60.3 Å². The lowest BCUT2D eigenvalue weighted by Crippen LogP contribution is -2.42. The largest absolute Gasteiger partial charge is 0.277 e. The van der Waals surface area contributed by atoms with Gasteiger partial charge in [0.15, 0.2) is 0 Å². The molecule has 6 nitrogen and oxygen atoms in total. The zero-order valence-electron chi connectivity index (χ0n) is 15.9. The highest BCUT2D eigenvalue weighted by Gasteiger charge is 2.40. The van der Waals surface area contributed by atoms with E-state index in [4.69, 9.17) is 0 Å². The van der Waals surface area contributed by atoms with Crippen molar-refractivity contribution in [2.45, 2.75) is 23.8 Å². The maximum absolute atomic E-state index is 13.7. The van der Waals surface area contributed by atoms with Gasteiger partial charge in [-0.2, -0.15) is 4.31 Å². The van der Waals surface area contributed by atoms with Crippen molar-refractivity contribution in [2.24, 2.45) is 0 Å². The smallest absolute Gasteiger partial charge is 0.250 e. The summed E-state index contributed by atoms with van der Waals surface area (Å²) < 4.78 is 30.6. The topological polar surface area (TPSA) is 72.3 Å². The first-order valence-corrected chi connectivity index (χ1v) is 12.1. The Morgan fingerprint density at radius 2 is 1.73 bits per heavy atom. The van der Waals surface area contributed by atoms with Crippen LogP contribution in [-0.2, 0) is 10.0 Å². The molecule has 2 aromatic carbocycles. The molecule has 1 saturated heterocycles. The lowest BCUT2D eigenvalue weighted by atomic mass is 10.2. The van der Waals surface area contributed by atoms with E-state index in [1.54, 1.807) is 41.2 Å². The molecule has 1 aliphatic rings. The predicted octanol–water partition coefficient (Wildman–Crippen LogP) is 4.29. The van der Waals surface area contributed by atoms with Crippen LogP contribution in [0.4, 0.5) is 0 Å². The zero-order valence-corrected chi connectivity index (χ0v) is 18.9. The van der Waals surface area contributed by atoms with Crippen LogP contribution in [-0.4, -0.2) is 40.8 Å². The van der Waals surface area contributed by atoms with Gasteiger partial charge in [-0.3, -0.25) is 14.3 Å². The molecule has 0 saturated carbocycles. The van der Waals surface area contributed by atoms with Gasteiger partial charge in [0.1, 0.15) is 6.04 Å². The average Bonchev–Trinajstić information content (AvgIpc) is 3.37. The number of benzene rings is 2. The van der Waals surface area contributed by atoms with E-state index >= 15 is 0 Å². The first-order valence-electron chi connectivity index (χ1n) is 9.63. The van der Waals surface area contributed by atoms with Crippen LogP contribution in [0.2, 0.25) is 0 Å². The number of carbonyl (C=O) groups is 1. The van der Waals surface area contributed by atoms with Gasteiger partial charge in [0, 0.05) is 27.1 Å². The molecule has 1 atom stereocenters. The summed E-state index contributed by atoms with van der Waals surface area (Å²) >= 11 is 2.14. The van der Waals surface area contributed by atoms with Crippen molar-refractivity contribution in [3.63, 3.8) is 0 Å². The van der Waals surface area contributed by atoms with Gasteiger partial charge in [-0.25, -0.2) is 8.42 Å². The third-order valence-corrected chi connectivity index (χ3v) is 8.25. The maximum atomic E-state index is 13.7. The lowest BCUT2D eigenvalue weighted by molar-refractivity contribution is 0.0843. The lowest BCUT2D eigenvalue weighted by Gasteiger charge is -2.24. The second-order valence-electron chi connectivity index (χ2n) is 7.31. The highest BCUT2D eigenvalue weighted by molar-refractivity contribution is 14.1. The van der Waals surface area contributed by atoms with Crippen molar-refractivity contribution in [1.82, 2.24) is 13.9 Å². The summed E-state index contributed by atoms with van der Waals surface area (Å²) in [6.07, 6.45) is 4.51. The van der Waals surface area contributed by atoms with Crippen LogP contribution < -0.4 is 0 Å². The fourth-order valence-corrected chi connectivity index (χ4v) is 6.23. The van der Waals surface area contributed by atoms with E-state index in [2.05, 4.69) is 27.6 Å². The molecule has 0 aliphatic carbocycles. The fraction of sp³-hybridized carbons (Fsp3) is 0.182. The number of rotatable bonds is 3. The molecule has 0 bridgehead atoms. The molecule has 1 aliphatic heterocycles. The number of carbonyl (C=O) groups excluding carboxylic acids is 1. The van der Waals surface area contributed by atoms with Crippen LogP contribution in [0.5, 0.6) is 0 Å². The van der Waals surface area contributed by atoms with E-state index < -0.39 is 16.1 Å². The number of nitrogens with zero attached hydrogens (tertiary/aromatic N) is 3. The van der Waals surface area contributed by atoms with Gasteiger partial charge in [0.2, 0.25) is 15.9 Å². The van der Waals surface area contributed by atoms with E-state index in [0.717, 1.165) is 19.9 Å². The summed E-state index contributed by atoms with van der Waals surface area (Å²) in [6, 6.07) is 15.5. The third-order valence-electron chi connectivity index (χ3n) is 5.61. The van der Waals surface area contributed by atoms with Gasteiger partial charge in [-0.05, 0) is 71.8 Å². The van der Waals surface area contributed by atoms with Crippen molar-refractivity contribution in [3.8, 4) is 0 Å². The Bertz CT molecular complexity index is 1330. The maximum Gasteiger partial charge on any atom is 0.250 e. The Morgan fingerprint density at radius 3 is 2.53 bits per heavy atom. The minimum absolute atomic E-state index is 0.214. The first kappa shape index (κ1) is 19.7. The molecule has 8 heteroatoms. The number of fused-ring (bicyclic) bond motifs is 3. The molecule has 0 unspecified atom stereocenters. The molecular weight excluding hydrogens is 513 g/mol. The standard InChI is InChI=1S/C22H18IN3O3S/c23-15-7-9-16(10-8-15)30(28,29)25-13-3-6-20(25)22(27)26-19-5-2-1-4-17(19)18-11-12-24-14-21(18)26/h1-2,4-5,7-12,14,20H,3,6,13H2/t20-/m0/s1. The van der Waals surface area contributed by atoms with Crippen LogP contribution in [0.15, 0.2) is 71.9 Å². The first-order chi connectivity index (χ1) is 14.5. The predicted molar refractivity (Wildman–Crippen MR) is 124 cm³/mol. The minimum atomic E-state index is -3.77. The molecule has 0 spiro atoms. The van der Waals surface area contributed by atoms with Gasteiger partial charge in [0.25, 0.3) is 0 Å². The van der Waals surface area contributed by atoms with Crippen LogP contribution >= 0.6 is 22.6 Å². The Hall–Kier alpha value is -2.30. The van der Waals surface area contributed by atoms with Crippen molar-refractivity contribution in [1.29, 1.82) is 0 Å². The number of hydrogen-bond acceptors (Lipinski definition) is 4. The summed E-state index contributed by atoms with van der Waals surface area (Å²) in [7, 11) is -3.77. The molecular formula is C22H18IN3O3S. The van der Waals surface area contributed by atoms with Crippen LogP contribution in [0, 0.1) is 3.57 Å². The second-order valence-corrected chi connectivity index (χ2v) is 10.4. The number of para-hydroxylation sites is 1. The monoisotopic (exact) mass is 531 g/mol. The highest BCUT2D eigenvalue weighted by Crippen LogP contribution is 2.32. The van der Waals surface area contributed by atoms with Crippen molar-refractivity contribution in [2.75, 3.05) is 6.54 Å². The van der Waals surface area contributed by atoms with E-state index in [9.17, 15) is 13.2 Å². The number of hydrogen-bond donors (Lipinski definition) is 0. The molecule has 2 aromatic heterocycles. The van der Waals surface area contributed by atoms with E-state index in [1.807, 2.05) is 30.3 Å². The van der Waals surface area contributed by atoms with Crippen LogP contribution in [0.1, 0.15) is 17.6 Å². The Morgan fingerprint density at radius 1 is 1.00 bits per heavy atom. The van der Waals surface area contributed by atoms with Gasteiger partial charge >= 0.3 is 0 Å². The molecule has 152 valence electrons. The number of halogens is 1. The number of aromatic nitrogens is 2. The van der Waals surface area contributed by atoms with Gasteiger partial charge in [-0.15, -0.1) is 0 Å². The van der Waals surface area contributed by atoms with Crippen LogP contribution in [0.25, 0.3) is 21.8 Å². The van der Waals surface area contributed by atoms with Gasteiger partial charge < -0.3 is 0 Å². The Kier molecular flexibility index (Phi) is 4.87. The summed E-state index contributed by atoms with van der Waals surface area (Å²) in [5, 5.41) is 1.88. The molecule has 0 N–H and O–H groups in total. The van der Waals surface area contributed by atoms with E-state index in [-0.39, 0.29) is 10.8 Å². The summed E-state index contributed by atoms with van der Waals surface area (Å²) in [5.41, 5.74) is 1.46. The number of sulfonamides is 1. The summed E-state index contributed by atoms with van der Waals surface area (Å²) in [6.45, 7) is 0.333. The van der Waals surface area contributed by atoms with Crippen molar-refractivity contribution in [3.05, 3.63) is 70.6 Å². The normalized spacial score (nSPS) is 17.7. The summed E-state index contributed by atoms with van der Waals surface area (Å²) in [4.78, 5) is 18.1. The summed E-state index contributed by atoms with van der Waals surface area (Å²) in [5.74, 6) is -0.235. The quantitative estimate of drug-likeness (QED) is 0.370. The molecule has 0 amide bonds. The molecule has 30 heavy (non-hydrogen) atoms. The number of pyridine rings is 1.